The summed E-state index contributed by atoms with van der Waals surface area (Å²) in [5, 5.41) is 9.97. The number of rotatable bonds is 8. The van der Waals surface area contributed by atoms with E-state index < -0.39 is 5.92 Å². The van der Waals surface area contributed by atoms with Crippen LogP contribution < -0.4 is 0 Å². The number of β-amino-alcohol motifs (C(OH)–C–C–N with tert-alkyl or cyclic N) is 1. The Bertz CT molecular complexity index is 809. The van der Waals surface area contributed by atoms with Crippen LogP contribution in [-0.2, 0) is 4.79 Å². The molecular weight excluding hydrogens is 398 g/mol. The fourth-order valence-corrected chi connectivity index (χ4v) is 4.40. The van der Waals surface area contributed by atoms with Gasteiger partial charge in [0.25, 0.3) is 0 Å². The average Bonchev–Trinajstić information content (AvgIpc) is 3.16. The molecule has 168 valence electrons. The summed E-state index contributed by atoms with van der Waals surface area (Å²) in [6.45, 7) is 6.28. The summed E-state index contributed by atoms with van der Waals surface area (Å²) in [6, 6.07) is 11.9. The molecule has 1 heterocycles. The van der Waals surface area contributed by atoms with Crippen molar-refractivity contribution in [2.24, 2.45) is 5.92 Å². The van der Waals surface area contributed by atoms with Crippen molar-refractivity contribution in [2.75, 3.05) is 26.7 Å². The maximum absolute atomic E-state index is 13.6. The summed E-state index contributed by atoms with van der Waals surface area (Å²) in [6.07, 6.45) is 1.35. The first-order valence-electron chi connectivity index (χ1n) is 10.9. The molecule has 1 saturated heterocycles. The Kier molecular flexibility index (Phi) is 7.79. The maximum atomic E-state index is 13.6. The van der Waals surface area contributed by atoms with Gasteiger partial charge in [-0.15, -0.1) is 0 Å². The molecule has 0 saturated carbocycles. The second-order valence-corrected chi connectivity index (χ2v) is 8.98. The van der Waals surface area contributed by atoms with Gasteiger partial charge in [0.1, 0.15) is 11.6 Å². The predicted octanol–water partition coefficient (Wildman–Crippen LogP) is 4.04. The van der Waals surface area contributed by atoms with Crippen molar-refractivity contribution in [3.63, 3.8) is 0 Å². The number of halogens is 2. The fraction of sp³-hybridized carbons (Fsp3) is 0.480. The predicted molar refractivity (Wildman–Crippen MR) is 118 cm³/mol. The summed E-state index contributed by atoms with van der Waals surface area (Å²) >= 11 is 0. The Hall–Kier alpha value is -2.31. The SMILES string of the molecule is CC(C)CC(CN(C)C(=O)C(c1ccc(F)cc1)c1ccc(F)cc1)N1CC[C@H](O)C1. The van der Waals surface area contributed by atoms with Crippen LogP contribution in [0.25, 0.3) is 0 Å². The number of aliphatic hydroxyl groups is 1. The van der Waals surface area contributed by atoms with Crippen molar-refractivity contribution in [1.29, 1.82) is 0 Å². The number of benzene rings is 2. The number of carbonyl (C=O) groups is 1. The summed E-state index contributed by atoms with van der Waals surface area (Å²) in [5.74, 6) is -1.04. The molecule has 0 radical (unpaired) electrons. The van der Waals surface area contributed by atoms with Crippen molar-refractivity contribution >= 4 is 5.91 Å². The molecule has 1 aliphatic heterocycles. The van der Waals surface area contributed by atoms with Gasteiger partial charge in [-0.05, 0) is 54.2 Å². The second-order valence-electron chi connectivity index (χ2n) is 8.98. The first-order valence-corrected chi connectivity index (χ1v) is 10.9. The monoisotopic (exact) mass is 430 g/mol. The van der Waals surface area contributed by atoms with Gasteiger partial charge < -0.3 is 10.0 Å². The first-order chi connectivity index (χ1) is 14.7. The molecule has 4 nitrogen and oxygen atoms in total. The number of likely N-dealkylation sites (tertiary alicyclic amines) is 1. The lowest BCUT2D eigenvalue weighted by Gasteiger charge is -2.34. The van der Waals surface area contributed by atoms with E-state index in [9.17, 15) is 18.7 Å². The zero-order chi connectivity index (χ0) is 22.5. The van der Waals surface area contributed by atoms with Gasteiger partial charge in [0.15, 0.2) is 0 Å². The van der Waals surface area contributed by atoms with E-state index in [0.717, 1.165) is 19.4 Å². The molecule has 2 aromatic rings. The molecule has 1 unspecified atom stereocenters. The minimum absolute atomic E-state index is 0.119. The Morgan fingerprint density at radius 1 is 1.06 bits per heavy atom. The van der Waals surface area contributed by atoms with E-state index in [1.165, 1.54) is 24.3 Å². The number of likely N-dealkylation sites (N-methyl/N-ethyl adjacent to an activating group) is 1. The molecule has 2 aromatic carbocycles. The van der Waals surface area contributed by atoms with Crippen LogP contribution >= 0.6 is 0 Å². The Balaban J connectivity index is 1.84. The molecule has 1 aliphatic rings. The minimum atomic E-state index is -0.643. The smallest absolute Gasteiger partial charge is 0.234 e. The van der Waals surface area contributed by atoms with Gasteiger partial charge in [-0.25, -0.2) is 8.78 Å². The molecule has 1 N–H and O–H groups in total. The molecule has 3 rings (SSSR count). The van der Waals surface area contributed by atoms with E-state index in [0.29, 0.717) is 30.1 Å². The average molecular weight is 431 g/mol. The highest BCUT2D eigenvalue weighted by molar-refractivity contribution is 5.87. The third-order valence-corrected chi connectivity index (χ3v) is 5.97. The van der Waals surface area contributed by atoms with Crippen molar-refractivity contribution in [3.8, 4) is 0 Å². The van der Waals surface area contributed by atoms with E-state index in [1.54, 1.807) is 36.2 Å². The molecule has 1 amide bonds. The zero-order valence-electron chi connectivity index (χ0n) is 18.5. The van der Waals surface area contributed by atoms with E-state index in [4.69, 9.17) is 0 Å². The molecule has 0 aliphatic carbocycles. The molecule has 0 aromatic heterocycles. The molecule has 1 fully saturated rings. The highest BCUT2D eigenvalue weighted by Gasteiger charge is 2.32. The van der Waals surface area contributed by atoms with Crippen molar-refractivity contribution in [3.05, 3.63) is 71.3 Å². The van der Waals surface area contributed by atoms with Crippen molar-refractivity contribution in [1.82, 2.24) is 9.80 Å². The third kappa shape index (κ3) is 6.11. The largest absolute Gasteiger partial charge is 0.392 e. The number of nitrogens with zero attached hydrogens (tertiary/aromatic N) is 2. The minimum Gasteiger partial charge on any atom is -0.392 e. The van der Waals surface area contributed by atoms with Crippen LogP contribution in [0.1, 0.15) is 43.7 Å². The zero-order valence-corrected chi connectivity index (χ0v) is 18.5. The second kappa shape index (κ2) is 10.3. The molecular formula is C25H32F2N2O2. The van der Waals surface area contributed by atoms with Gasteiger partial charge in [0.05, 0.1) is 12.0 Å². The van der Waals surface area contributed by atoms with Crippen LogP contribution in [0.15, 0.2) is 48.5 Å². The van der Waals surface area contributed by atoms with Crippen LogP contribution in [-0.4, -0.2) is 59.6 Å². The van der Waals surface area contributed by atoms with E-state index in [-0.39, 0.29) is 29.7 Å². The molecule has 31 heavy (non-hydrogen) atoms. The van der Waals surface area contributed by atoms with Gasteiger partial charge in [0, 0.05) is 32.7 Å². The number of hydrogen-bond acceptors (Lipinski definition) is 3. The first kappa shape index (κ1) is 23.4. The van der Waals surface area contributed by atoms with Crippen LogP contribution in [0.2, 0.25) is 0 Å². The lowest BCUT2D eigenvalue weighted by Crippen LogP contribution is -2.46. The summed E-state index contributed by atoms with van der Waals surface area (Å²) < 4.78 is 27.0. The van der Waals surface area contributed by atoms with E-state index >= 15 is 0 Å². The van der Waals surface area contributed by atoms with Gasteiger partial charge in [0.2, 0.25) is 5.91 Å². The number of aliphatic hydroxyl groups excluding tert-OH is 1. The number of hydrogen-bond donors (Lipinski definition) is 1. The highest BCUT2D eigenvalue weighted by Crippen LogP contribution is 2.28. The van der Waals surface area contributed by atoms with E-state index in [2.05, 4.69) is 18.7 Å². The van der Waals surface area contributed by atoms with Crippen LogP contribution in [0, 0.1) is 17.6 Å². The van der Waals surface area contributed by atoms with Gasteiger partial charge in [-0.1, -0.05) is 38.1 Å². The fourth-order valence-electron chi connectivity index (χ4n) is 4.40. The van der Waals surface area contributed by atoms with Crippen LogP contribution in [0.4, 0.5) is 8.78 Å². The Morgan fingerprint density at radius 2 is 1.58 bits per heavy atom. The van der Waals surface area contributed by atoms with Crippen LogP contribution in [0.3, 0.4) is 0 Å². The third-order valence-electron chi connectivity index (χ3n) is 5.97. The quantitative estimate of drug-likeness (QED) is 0.688. The molecule has 0 bridgehead atoms. The Labute approximate surface area is 183 Å². The van der Waals surface area contributed by atoms with Gasteiger partial charge in [-0.2, -0.15) is 0 Å². The standard InChI is InChI=1S/C25H32F2N2O2/c1-17(2)14-22(29-13-12-23(30)16-29)15-28(3)25(31)24(18-4-8-20(26)9-5-18)19-6-10-21(27)11-7-19/h4-11,17,22-24,30H,12-16H2,1-3H3/t22?,23-/m0/s1. The van der Waals surface area contributed by atoms with Gasteiger partial charge >= 0.3 is 0 Å². The number of amides is 1. The van der Waals surface area contributed by atoms with E-state index in [1.807, 2.05) is 0 Å². The molecule has 6 heteroatoms. The lowest BCUT2D eigenvalue weighted by molar-refractivity contribution is -0.131. The van der Waals surface area contributed by atoms with Crippen molar-refractivity contribution in [2.45, 2.75) is 44.8 Å². The Morgan fingerprint density at radius 3 is 2.00 bits per heavy atom. The normalized spacial score (nSPS) is 18.0. The summed E-state index contributed by atoms with van der Waals surface area (Å²) in [5.41, 5.74) is 1.34. The van der Waals surface area contributed by atoms with Gasteiger partial charge in [-0.3, -0.25) is 9.69 Å². The molecule has 0 spiro atoms. The maximum Gasteiger partial charge on any atom is 0.234 e. The summed E-state index contributed by atoms with van der Waals surface area (Å²) in [7, 11) is 1.78. The van der Waals surface area contributed by atoms with Crippen LogP contribution in [0.5, 0.6) is 0 Å². The topological polar surface area (TPSA) is 43.8 Å². The summed E-state index contributed by atoms with van der Waals surface area (Å²) in [4.78, 5) is 17.6. The lowest BCUT2D eigenvalue weighted by atomic mass is 9.89. The number of carbonyl (C=O) groups excluding carboxylic acids is 1. The van der Waals surface area contributed by atoms with Crippen molar-refractivity contribution < 1.29 is 18.7 Å². The molecule has 2 atom stereocenters. The highest BCUT2D eigenvalue weighted by atomic mass is 19.1.